The Labute approximate surface area is 101 Å². The second-order valence-corrected chi connectivity index (χ2v) is 3.22. The highest BCUT2D eigenvalue weighted by molar-refractivity contribution is 5.92. The average molecular weight is 288 g/mol. The number of nitrogens with zero attached hydrogens (tertiary/aromatic N) is 2. The summed E-state index contributed by atoms with van der Waals surface area (Å²) in [4.78, 5) is 6.26. The molecule has 0 aliphatic rings. The van der Waals surface area contributed by atoms with Crippen molar-refractivity contribution in [3.63, 3.8) is 0 Å². The van der Waals surface area contributed by atoms with Gasteiger partial charge in [0.25, 0.3) is 6.10 Å². The maximum Gasteiger partial charge on any atom is 0.434 e. The Kier molecular flexibility index (Phi) is 3.86. The molecular weight excluding hydrogens is 282 g/mol. The molecule has 1 aromatic heterocycles. The third-order valence-corrected chi connectivity index (χ3v) is 1.73. The normalized spacial score (nSPS) is 12.6. The molecular formula is C8H6F6N4O. The van der Waals surface area contributed by atoms with E-state index < -0.39 is 30.3 Å². The van der Waals surface area contributed by atoms with Crippen molar-refractivity contribution in [3.8, 4) is 6.01 Å². The number of halogens is 6. The molecule has 3 N–H and O–H groups in total. The van der Waals surface area contributed by atoms with Gasteiger partial charge in [0.1, 0.15) is 11.5 Å². The number of amidine groups is 1. The Balaban J connectivity index is 3.04. The predicted octanol–water partition coefficient (Wildman–Crippen LogP) is 1.63. The Morgan fingerprint density at radius 3 is 2.16 bits per heavy atom. The molecule has 5 nitrogen and oxygen atoms in total. The molecule has 1 aromatic rings. The van der Waals surface area contributed by atoms with Crippen LogP contribution in [-0.4, -0.2) is 34.3 Å². The molecule has 11 heteroatoms. The lowest BCUT2D eigenvalue weighted by molar-refractivity contribution is -0.301. The third kappa shape index (κ3) is 3.96. The first-order valence-corrected chi connectivity index (χ1v) is 4.49. The lowest BCUT2D eigenvalue weighted by Crippen LogP contribution is -2.46. The molecule has 1 heterocycles. The standard InChI is InChI=1S/C8H6F6N4O/c9-7(10,11)5(8(12,13)14)19-6-17-2-1-3(18-6)4(15)16/h1-2,5H,(H3,15,16). The Morgan fingerprint density at radius 2 is 1.74 bits per heavy atom. The first-order chi connectivity index (χ1) is 8.51. The highest BCUT2D eigenvalue weighted by Crippen LogP contribution is 2.35. The summed E-state index contributed by atoms with van der Waals surface area (Å²) in [6.07, 6.45) is -14.6. The van der Waals surface area contributed by atoms with Gasteiger partial charge < -0.3 is 10.5 Å². The highest BCUT2D eigenvalue weighted by Gasteiger charge is 2.59. The number of nitrogens with one attached hydrogen (secondary N) is 1. The maximum atomic E-state index is 12.2. The maximum absolute atomic E-state index is 12.2. The molecule has 0 aromatic carbocycles. The fourth-order valence-electron chi connectivity index (χ4n) is 0.972. The van der Waals surface area contributed by atoms with E-state index >= 15 is 0 Å². The summed E-state index contributed by atoms with van der Waals surface area (Å²) in [5, 5.41) is 6.95. The number of hydrogen-bond acceptors (Lipinski definition) is 4. The SMILES string of the molecule is N=C(N)c1ccnc(OC(C(F)(F)F)C(F)(F)F)n1. The molecule has 1 rings (SSSR count). The van der Waals surface area contributed by atoms with E-state index in [1.165, 1.54) is 0 Å². The highest BCUT2D eigenvalue weighted by atomic mass is 19.4. The molecule has 106 valence electrons. The molecule has 0 radical (unpaired) electrons. The van der Waals surface area contributed by atoms with Crippen LogP contribution in [0.2, 0.25) is 0 Å². The van der Waals surface area contributed by atoms with Crippen LogP contribution in [0.25, 0.3) is 0 Å². The van der Waals surface area contributed by atoms with E-state index in [0.29, 0.717) is 0 Å². The Hall–Kier alpha value is -2.07. The molecule has 0 bridgehead atoms. The van der Waals surface area contributed by atoms with Crippen molar-refractivity contribution in [2.75, 3.05) is 0 Å². The van der Waals surface area contributed by atoms with Gasteiger partial charge in [-0.15, -0.1) is 0 Å². The fraction of sp³-hybridized carbons (Fsp3) is 0.375. The van der Waals surface area contributed by atoms with Gasteiger partial charge in [-0.25, -0.2) is 4.98 Å². The molecule has 0 aliphatic heterocycles. The van der Waals surface area contributed by atoms with Gasteiger partial charge in [-0.1, -0.05) is 0 Å². The lowest BCUT2D eigenvalue weighted by Gasteiger charge is -2.22. The molecule has 0 atom stereocenters. The van der Waals surface area contributed by atoms with Crippen molar-refractivity contribution in [2.24, 2.45) is 5.73 Å². The van der Waals surface area contributed by atoms with Gasteiger partial charge >= 0.3 is 18.4 Å². The van der Waals surface area contributed by atoms with Gasteiger partial charge in [-0.2, -0.15) is 31.3 Å². The van der Waals surface area contributed by atoms with Crippen molar-refractivity contribution >= 4 is 5.84 Å². The number of nitrogens with two attached hydrogens (primary N) is 1. The number of aromatic nitrogens is 2. The Morgan fingerprint density at radius 1 is 1.21 bits per heavy atom. The summed E-state index contributed by atoms with van der Waals surface area (Å²) >= 11 is 0. The van der Waals surface area contributed by atoms with Gasteiger partial charge in [-0.05, 0) is 6.07 Å². The molecule has 0 spiro atoms. The van der Waals surface area contributed by atoms with Gasteiger partial charge in [0.2, 0.25) is 0 Å². The molecule has 0 saturated heterocycles. The van der Waals surface area contributed by atoms with Crippen molar-refractivity contribution < 1.29 is 31.1 Å². The topological polar surface area (TPSA) is 84.9 Å². The molecule has 0 unspecified atom stereocenters. The van der Waals surface area contributed by atoms with Gasteiger partial charge in [0.05, 0.1) is 0 Å². The average Bonchev–Trinajstić information content (AvgIpc) is 2.23. The van der Waals surface area contributed by atoms with E-state index in [0.717, 1.165) is 12.3 Å². The van der Waals surface area contributed by atoms with Crippen LogP contribution < -0.4 is 10.5 Å². The van der Waals surface area contributed by atoms with Crippen LogP contribution in [-0.2, 0) is 0 Å². The summed E-state index contributed by atoms with van der Waals surface area (Å²) in [5.41, 5.74) is 4.62. The van der Waals surface area contributed by atoms with Crippen molar-refractivity contribution in [2.45, 2.75) is 18.5 Å². The zero-order valence-electron chi connectivity index (χ0n) is 8.88. The molecule has 0 saturated carbocycles. The zero-order chi connectivity index (χ0) is 14.8. The van der Waals surface area contributed by atoms with Crippen LogP contribution in [0, 0.1) is 5.41 Å². The second kappa shape index (κ2) is 4.90. The van der Waals surface area contributed by atoms with Crippen molar-refractivity contribution in [3.05, 3.63) is 18.0 Å². The van der Waals surface area contributed by atoms with E-state index in [2.05, 4.69) is 14.7 Å². The van der Waals surface area contributed by atoms with E-state index in [-0.39, 0.29) is 5.69 Å². The number of hydrogen-bond donors (Lipinski definition) is 2. The van der Waals surface area contributed by atoms with E-state index in [1.807, 2.05) is 0 Å². The predicted molar refractivity (Wildman–Crippen MR) is 49.6 cm³/mol. The van der Waals surface area contributed by atoms with E-state index in [9.17, 15) is 26.3 Å². The van der Waals surface area contributed by atoms with Crippen LogP contribution in [0.3, 0.4) is 0 Å². The van der Waals surface area contributed by atoms with E-state index in [1.54, 1.807) is 0 Å². The minimum absolute atomic E-state index is 0.354. The smallest absolute Gasteiger partial charge is 0.434 e. The summed E-state index contributed by atoms with van der Waals surface area (Å²) in [6.45, 7) is 0. The van der Waals surface area contributed by atoms with Crippen molar-refractivity contribution in [1.82, 2.24) is 9.97 Å². The fourth-order valence-corrected chi connectivity index (χ4v) is 0.972. The van der Waals surface area contributed by atoms with Gasteiger partial charge in [0, 0.05) is 6.20 Å². The molecule has 0 fully saturated rings. The third-order valence-electron chi connectivity index (χ3n) is 1.73. The summed E-state index contributed by atoms with van der Waals surface area (Å²) in [6, 6.07) is -0.141. The minimum atomic E-state index is -5.67. The minimum Gasteiger partial charge on any atom is -0.441 e. The van der Waals surface area contributed by atoms with Crippen molar-refractivity contribution in [1.29, 1.82) is 5.41 Å². The second-order valence-electron chi connectivity index (χ2n) is 3.22. The molecule has 0 amide bonds. The monoisotopic (exact) mass is 288 g/mol. The largest absolute Gasteiger partial charge is 0.441 e. The zero-order valence-corrected chi connectivity index (χ0v) is 8.88. The summed E-state index contributed by atoms with van der Waals surface area (Å²) < 4.78 is 76.9. The number of rotatable bonds is 3. The lowest BCUT2D eigenvalue weighted by atomic mass is 10.3. The van der Waals surface area contributed by atoms with E-state index in [4.69, 9.17) is 11.1 Å². The van der Waals surface area contributed by atoms with Gasteiger partial charge in [-0.3, -0.25) is 5.41 Å². The van der Waals surface area contributed by atoms with Crippen LogP contribution in [0.5, 0.6) is 6.01 Å². The first-order valence-electron chi connectivity index (χ1n) is 4.49. The van der Waals surface area contributed by atoms with Crippen LogP contribution in [0.1, 0.15) is 5.69 Å². The molecule has 0 aliphatic carbocycles. The number of alkyl halides is 6. The van der Waals surface area contributed by atoms with Crippen LogP contribution in [0.15, 0.2) is 12.3 Å². The number of nitrogen functional groups attached to an aromatic ring is 1. The van der Waals surface area contributed by atoms with Crippen LogP contribution in [0.4, 0.5) is 26.3 Å². The Bertz CT molecular complexity index is 457. The molecule has 19 heavy (non-hydrogen) atoms. The quantitative estimate of drug-likeness (QED) is 0.503. The first kappa shape index (κ1) is 15.0. The van der Waals surface area contributed by atoms with Gasteiger partial charge in [0.15, 0.2) is 0 Å². The summed E-state index contributed by atoms with van der Waals surface area (Å²) in [5.74, 6) is -0.650. The van der Waals surface area contributed by atoms with Crippen LogP contribution >= 0.6 is 0 Å². The summed E-state index contributed by atoms with van der Waals surface area (Å²) in [7, 11) is 0. The number of ether oxygens (including phenoxy) is 1.